The first-order valence-corrected chi connectivity index (χ1v) is 6.62. The number of methoxy groups -OCH3 is 1. The molecule has 3 N–H and O–H groups in total. The first-order valence-electron chi connectivity index (χ1n) is 6.62. The van der Waals surface area contributed by atoms with Crippen LogP contribution in [-0.4, -0.2) is 40.4 Å². The van der Waals surface area contributed by atoms with Crippen LogP contribution in [0.25, 0.3) is 11.4 Å². The number of aryl methyl sites for hydroxylation is 1. The first-order chi connectivity index (χ1) is 10.1. The summed E-state index contributed by atoms with van der Waals surface area (Å²) in [7, 11) is 3.42. The Bertz CT molecular complexity index is 611. The Kier molecular flexibility index (Phi) is 5.02. The van der Waals surface area contributed by atoms with Crippen molar-refractivity contribution in [2.24, 2.45) is 12.8 Å². The lowest BCUT2D eigenvalue weighted by Gasteiger charge is -2.14. The van der Waals surface area contributed by atoms with E-state index in [2.05, 4.69) is 15.5 Å². The lowest BCUT2D eigenvalue weighted by atomic mass is 10.1. The number of amides is 1. The number of nitrogens with zero attached hydrogens (tertiary/aromatic N) is 3. The minimum absolute atomic E-state index is 0.248. The van der Waals surface area contributed by atoms with Crippen molar-refractivity contribution in [1.29, 1.82) is 0 Å². The van der Waals surface area contributed by atoms with E-state index in [0.29, 0.717) is 24.5 Å². The van der Waals surface area contributed by atoms with Crippen molar-refractivity contribution in [2.45, 2.75) is 12.5 Å². The molecule has 1 amide bonds. The standard InChI is InChI=1S/C14H19N5O2/c1-19-9-16-18-13(19)10-5-3-4-6-12(10)17-14(20)11(15)7-8-21-2/h3-6,9,11H,7-8,15H2,1-2H3,(H,17,20). The van der Waals surface area contributed by atoms with Crippen LogP contribution in [0.3, 0.4) is 0 Å². The van der Waals surface area contributed by atoms with E-state index < -0.39 is 6.04 Å². The lowest BCUT2D eigenvalue weighted by molar-refractivity contribution is -0.117. The topological polar surface area (TPSA) is 95.1 Å². The second kappa shape index (κ2) is 6.96. The van der Waals surface area contributed by atoms with Gasteiger partial charge in [0.25, 0.3) is 0 Å². The Morgan fingerprint density at radius 3 is 2.90 bits per heavy atom. The van der Waals surface area contributed by atoms with E-state index in [1.165, 1.54) is 0 Å². The molecule has 1 unspecified atom stereocenters. The van der Waals surface area contributed by atoms with Gasteiger partial charge in [-0.1, -0.05) is 12.1 Å². The summed E-state index contributed by atoms with van der Waals surface area (Å²) in [6.45, 7) is 0.444. The van der Waals surface area contributed by atoms with Gasteiger partial charge in [-0.2, -0.15) is 0 Å². The zero-order valence-electron chi connectivity index (χ0n) is 12.1. The van der Waals surface area contributed by atoms with E-state index >= 15 is 0 Å². The number of hydrogen-bond donors (Lipinski definition) is 2. The Labute approximate surface area is 123 Å². The zero-order valence-corrected chi connectivity index (χ0v) is 12.1. The molecule has 0 aliphatic rings. The molecule has 1 heterocycles. The number of benzene rings is 1. The number of para-hydroxylation sites is 1. The quantitative estimate of drug-likeness (QED) is 0.819. The molecule has 21 heavy (non-hydrogen) atoms. The summed E-state index contributed by atoms with van der Waals surface area (Å²) in [4.78, 5) is 12.1. The van der Waals surface area contributed by atoms with E-state index in [9.17, 15) is 4.79 Å². The third kappa shape index (κ3) is 3.65. The van der Waals surface area contributed by atoms with Gasteiger partial charge in [0.15, 0.2) is 5.82 Å². The Hall–Kier alpha value is -2.25. The highest BCUT2D eigenvalue weighted by molar-refractivity contribution is 5.97. The fourth-order valence-corrected chi connectivity index (χ4v) is 1.92. The van der Waals surface area contributed by atoms with Gasteiger partial charge in [0.05, 0.1) is 11.7 Å². The fraction of sp³-hybridized carbons (Fsp3) is 0.357. The van der Waals surface area contributed by atoms with Gasteiger partial charge >= 0.3 is 0 Å². The lowest BCUT2D eigenvalue weighted by Crippen LogP contribution is -2.36. The molecule has 1 aromatic heterocycles. The monoisotopic (exact) mass is 289 g/mol. The number of carbonyl (C=O) groups is 1. The molecule has 112 valence electrons. The van der Waals surface area contributed by atoms with Crippen LogP contribution < -0.4 is 11.1 Å². The predicted octanol–water partition coefficient (Wildman–Crippen LogP) is 0.784. The molecule has 0 bridgehead atoms. The van der Waals surface area contributed by atoms with Crippen LogP contribution in [0.4, 0.5) is 5.69 Å². The minimum Gasteiger partial charge on any atom is -0.385 e. The molecule has 1 atom stereocenters. The Morgan fingerprint density at radius 2 is 2.24 bits per heavy atom. The average molecular weight is 289 g/mol. The van der Waals surface area contributed by atoms with Crippen molar-refractivity contribution < 1.29 is 9.53 Å². The summed E-state index contributed by atoms with van der Waals surface area (Å²) in [5.74, 6) is 0.429. The third-order valence-corrected chi connectivity index (χ3v) is 3.11. The van der Waals surface area contributed by atoms with Crippen LogP contribution in [0.1, 0.15) is 6.42 Å². The van der Waals surface area contributed by atoms with Gasteiger partial charge in [-0.25, -0.2) is 0 Å². The molecule has 7 nitrogen and oxygen atoms in total. The van der Waals surface area contributed by atoms with Crippen molar-refractivity contribution in [3.8, 4) is 11.4 Å². The zero-order chi connectivity index (χ0) is 15.2. The fourth-order valence-electron chi connectivity index (χ4n) is 1.92. The molecule has 1 aromatic carbocycles. The Balaban J connectivity index is 2.18. The van der Waals surface area contributed by atoms with E-state index in [1.54, 1.807) is 18.0 Å². The average Bonchev–Trinajstić information content (AvgIpc) is 2.91. The van der Waals surface area contributed by atoms with Gasteiger partial charge in [-0.15, -0.1) is 10.2 Å². The Morgan fingerprint density at radius 1 is 1.48 bits per heavy atom. The highest BCUT2D eigenvalue weighted by atomic mass is 16.5. The van der Waals surface area contributed by atoms with Crippen molar-refractivity contribution >= 4 is 11.6 Å². The van der Waals surface area contributed by atoms with Crippen molar-refractivity contribution in [3.63, 3.8) is 0 Å². The molecule has 0 saturated carbocycles. The molecule has 0 aliphatic carbocycles. The number of aromatic nitrogens is 3. The largest absolute Gasteiger partial charge is 0.385 e. The number of hydrogen-bond acceptors (Lipinski definition) is 5. The molecule has 0 fully saturated rings. The summed E-state index contributed by atoms with van der Waals surface area (Å²) in [6.07, 6.45) is 2.08. The van der Waals surface area contributed by atoms with Crippen LogP contribution in [0.2, 0.25) is 0 Å². The maximum Gasteiger partial charge on any atom is 0.241 e. The maximum atomic E-state index is 12.1. The molecule has 2 rings (SSSR count). The van der Waals surface area contributed by atoms with Crippen molar-refractivity contribution in [3.05, 3.63) is 30.6 Å². The highest BCUT2D eigenvalue weighted by Gasteiger charge is 2.16. The SMILES string of the molecule is COCCC(N)C(=O)Nc1ccccc1-c1nncn1C. The molecule has 0 aliphatic heterocycles. The summed E-state index contributed by atoms with van der Waals surface area (Å²) in [6, 6.07) is 6.80. The summed E-state index contributed by atoms with van der Waals surface area (Å²) < 4.78 is 6.72. The molecule has 7 heteroatoms. The number of rotatable bonds is 6. The smallest absolute Gasteiger partial charge is 0.241 e. The van der Waals surface area contributed by atoms with Gasteiger partial charge in [0.1, 0.15) is 6.33 Å². The van der Waals surface area contributed by atoms with Gasteiger partial charge in [0, 0.05) is 26.3 Å². The van der Waals surface area contributed by atoms with E-state index in [0.717, 1.165) is 5.56 Å². The number of ether oxygens (including phenoxy) is 1. The van der Waals surface area contributed by atoms with Gasteiger partial charge < -0.3 is 20.4 Å². The van der Waals surface area contributed by atoms with Crippen molar-refractivity contribution in [1.82, 2.24) is 14.8 Å². The highest BCUT2D eigenvalue weighted by Crippen LogP contribution is 2.25. The van der Waals surface area contributed by atoms with Crippen LogP contribution in [0.5, 0.6) is 0 Å². The molecule has 0 spiro atoms. The van der Waals surface area contributed by atoms with E-state index in [1.807, 2.05) is 31.3 Å². The number of anilines is 1. The molecule has 0 saturated heterocycles. The van der Waals surface area contributed by atoms with Gasteiger partial charge in [-0.05, 0) is 18.6 Å². The van der Waals surface area contributed by atoms with Crippen LogP contribution in [-0.2, 0) is 16.6 Å². The minimum atomic E-state index is -0.613. The summed E-state index contributed by atoms with van der Waals surface area (Å²) in [5.41, 5.74) is 7.28. The van der Waals surface area contributed by atoms with Crippen LogP contribution in [0, 0.1) is 0 Å². The van der Waals surface area contributed by atoms with E-state index in [4.69, 9.17) is 10.5 Å². The normalized spacial score (nSPS) is 12.1. The first kappa shape index (κ1) is 15.1. The van der Waals surface area contributed by atoms with Gasteiger partial charge in [-0.3, -0.25) is 4.79 Å². The van der Waals surface area contributed by atoms with E-state index in [-0.39, 0.29) is 5.91 Å². The second-order valence-corrected chi connectivity index (χ2v) is 4.69. The van der Waals surface area contributed by atoms with Crippen LogP contribution in [0.15, 0.2) is 30.6 Å². The molecule has 0 radical (unpaired) electrons. The molecular formula is C14H19N5O2. The number of nitrogens with two attached hydrogens (primary N) is 1. The van der Waals surface area contributed by atoms with Gasteiger partial charge in [0.2, 0.25) is 5.91 Å². The van der Waals surface area contributed by atoms with Crippen LogP contribution >= 0.6 is 0 Å². The summed E-state index contributed by atoms with van der Waals surface area (Å²) >= 11 is 0. The second-order valence-electron chi connectivity index (χ2n) is 4.69. The predicted molar refractivity (Wildman–Crippen MR) is 79.5 cm³/mol. The number of carbonyl (C=O) groups excluding carboxylic acids is 1. The summed E-state index contributed by atoms with van der Waals surface area (Å²) in [5, 5.41) is 10.7. The van der Waals surface area contributed by atoms with Crippen molar-refractivity contribution in [2.75, 3.05) is 19.0 Å². The molecular weight excluding hydrogens is 270 g/mol. The number of nitrogens with one attached hydrogen (secondary N) is 1. The maximum absolute atomic E-state index is 12.1. The molecule has 2 aromatic rings. The third-order valence-electron chi connectivity index (χ3n) is 3.11.